The Morgan fingerprint density at radius 1 is 1.06 bits per heavy atom. The van der Waals surface area contributed by atoms with Gasteiger partial charge in [0.1, 0.15) is 30.0 Å². The number of aliphatic hydroxyl groups excluding tert-OH is 1. The van der Waals surface area contributed by atoms with E-state index in [0.29, 0.717) is 23.7 Å². The number of hydrogen-bond donors (Lipinski definition) is 2. The van der Waals surface area contributed by atoms with Crippen LogP contribution in [0.25, 0.3) is 0 Å². The number of carbonyl (C=O) groups excluding carboxylic acids is 2. The minimum Gasteiger partial charge on any atom is -0.493 e. The van der Waals surface area contributed by atoms with Crippen LogP contribution in [0.5, 0.6) is 5.75 Å². The Morgan fingerprint density at radius 3 is 2.61 bits per heavy atom. The molecule has 1 saturated carbocycles. The largest absolute Gasteiger partial charge is 0.493 e. The summed E-state index contributed by atoms with van der Waals surface area (Å²) in [4.78, 5) is 29.4. The number of rotatable bonds is 7. The minimum atomic E-state index is -1.67. The standard InChI is InChI=1S/C27H27NO7S/c29-14-18-8-9-22(34-18)23-12-21-24-20(25(30)28(26(24)31)13-19-7-4-10-36-19)11-16(27(21,32)35-23)15-33-17-5-2-1-3-6-17/h1-10,16,20-21,23-24,29,32H,11-15H2/t16-,20+,21+,23+,24+,27-/m1/s1. The van der Waals surface area contributed by atoms with Gasteiger partial charge < -0.3 is 24.1 Å². The van der Waals surface area contributed by atoms with Crippen molar-refractivity contribution in [2.75, 3.05) is 6.61 Å². The summed E-state index contributed by atoms with van der Waals surface area (Å²) in [5.74, 6) is -2.94. The predicted octanol–water partition coefficient (Wildman–Crippen LogP) is 3.50. The van der Waals surface area contributed by atoms with E-state index >= 15 is 0 Å². The summed E-state index contributed by atoms with van der Waals surface area (Å²) >= 11 is 1.50. The third kappa shape index (κ3) is 3.87. The van der Waals surface area contributed by atoms with Crippen LogP contribution in [0.4, 0.5) is 0 Å². The van der Waals surface area contributed by atoms with Gasteiger partial charge in [0, 0.05) is 16.7 Å². The van der Waals surface area contributed by atoms with Gasteiger partial charge in [0.2, 0.25) is 11.8 Å². The lowest BCUT2D eigenvalue weighted by atomic mass is 9.64. The van der Waals surface area contributed by atoms with Crippen LogP contribution >= 0.6 is 11.3 Å². The number of thiophene rings is 1. The summed E-state index contributed by atoms with van der Waals surface area (Å²) in [6.07, 6.45) is -0.000448. The zero-order chi connectivity index (χ0) is 24.9. The first-order chi connectivity index (χ1) is 17.5. The highest BCUT2D eigenvalue weighted by Gasteiger charge is 2.67. The summed E-state index contributed by atoms with van der Waals surface area (Å²) in [6, 6.07) is 16.5. The fourth-order valence-corrected chi connectivity index (χ4v) is 6.69. The van der Waals surface area contributed by atoms with Crippen LogP contribution in [0.3, 0.4) is 0 Å². The molecule has 2 aromatic heterocycles. The van der Waals surface area contributed by atoms with E-state index in [2.05, 4.69) is 0 Å². The van der Waals surface area contributed by atoms with Crippen LogP contribution in [-0.4, -0.2) is 39.3 Å². The zero-order valence-electron chi connectivity index (χ0n) is 19.5. The lowest BCUT2D eigenvalue weighted by Crippen LogP contribution is -2.55. The van der Waals surface area contributed by atoms with Crippen LogP contribution in [-0.2, 0) is 27.5 Å². The van der Waals surface area contributed by atoms with E-state index in [1.807, 2.05) is 47.8 Å². The third-order valence-corrected chi connectivity index (χ3v) is 8.56. The molecular formula is C27H27NO7S. The van der Waals surface area contributed by atoms with E-state index in [4.69, 9.17) is 13.9 Å². The number of ether oxygens (including phenoxy) is 2. The van der Waals surface area contributed by atoms with E-state index in [-0.39, 0.29) is 38.0 Å². The van der Waals surface area contributed by atoms with E-state index in [1.54, 1.807) is 12.1 Å². The van der Waals surface area contributed by atoms with Crippen LogP contribution in [0.2, 0.25) is 0 Å². The molecule has 6 rings (SSSR count). The lowest BCUT2D eigenvalue weighted by Gasteiger charge is -2.44. The number of amides is 2. The SMILES string of the molecule is O=C1[C@H]2[C@H](C[C@H](COc3ccccc3)[C@@]3(O)O[C@H](c4ccc(CO)o4)C[C@@H]23)C(=O)N1Cc1cccs1. The molecule has 4 heterocycles. The molecule has 9 heteroatoms. The average molecular weight is 510 g/mol. The van der Waals surface area contributed by atoms with E-state index in [9.17, 15) is 19.8 Å². The van der Waals surface area contributed by atoms with Gasteiger partial charge in [-0.15, -0.1) is 11.3 Å². The van der Waals surface area contributed by atoms with Gasteiger partial charge in [-0.3, -0.25) is 14.5 Å². The predicted molar refractivity (Wildman–Crippen MR) is 128 cm³/mol. The van der Waals surface area contributed by atoms with Crippen molar-refractivity contribution in [3.8, 4) is 5.75 Å². The summed E-state index contributed by atoms with van der Waals surface area (Å²) in [6.45, 7) is 0.129. The molecule has 1 aromatic carbocycles. The number of hydrogen-bond acceptors (Lipinski definition) is 8. The highest BCUT2D eigenvalue weighted by molar-refractivity contribution is 7.09. The Balaban J connectivity index is 1.31. The van der Waals surface area contributed by atoms with Crippen LogP contribution < -0.4 is 4.74 Å². The maximum Gasteiger partial charge on any atom is 0.233 e. The van der Waals surface area contributed by atoms with Crippen molar-refractivity contribution < 1.29 is 33.7 Å². The average Bonchev–Trinajstić information content (AvgIpc) is 3.67. The summed E-state index contributed by atoms with van der Waals surface area (Å²) in [5.41, 5.74) is 0. The zero-order valence-corrected chi connectivity index (χ0v) is 20.3. The van der Waals surface area contributed by atoms with Crippen LogP contribution in [0.15, 0.2) is 64.4 Å². The molecule has 2 aliphatic heterocycles. The highest BCUT2D eigenvalue weighted by atomic mass is 32.1. The Bertz CT molecular complexity index is 1240. The molecule has 0 radical (unpaired) electrons. The van der Waals surface area contributed by atoms with Gasteiger partial charge in [-0.05, 0) is 48.6 Å². The molecule has 3 fully saturated rings. The van der Waals surface area contributed by atoms with Crippen LogP contribution in [0.1, 0.15) is 35.3 Å². The summed E-state index contributed by atoms with van der Waals surface area (Å²) in [7, 11) is 0. The van der Waals surface area contributed by atoms with Crippen molar-refractivity contribution >= 4 is 23.2 Å². The molecule has 0 spiro atoms. The number of para-hydroxylation sites is 1. The quantitative estimate of drug-likeness (QED) is 0.469. The van der Waals surface area contributed by atoms with E-state index in [0.717, 1.165) is 4.88 Å². The fraction of sp³-hybridized carbons (Fsp3) is 0.407. The molecule has 36 heavy (non-hydrogen) atoms. The number of carbonyl (C=O) groups is 2. The second-order valence-electron chi connectivity index (χ2n) is 9.69. The molecule has 3 aromatic rings. The molecule has 6 atom stereocenters. The Kier molecular flexibility index (Phi) is 5.95. The Hall–Kier alpha value is -2.98. The first-order valence-corrected chi connectivity index (χ1v) is 13.0. The van der Waals surface area contributed by atoms with Gasteiger partial charge in [0.25, 0.3) is 0 Å². The van der Waals surface area contributed by atoms with Crippen molar-refractivity contribution in [1.82, 2.24) is 4.90 Å². The fourth-order valence-electron chi connectivity index (χ4n) is 6.00. The van der Waals surface area contributed by atoms with Gasteiger partial charge in [-0.2, -0.15) is 0 Å². The molecule has 188 valence electrons. The second kappa shape index (κ2) is 9.15. The molecule has 0 bridgehead atoms. The van der Waals surface area contributed by atoms with Gasteiger partial charge in [-0.25, -0.2) is 0 Å². The lowest BCUT2D eigenvalue weighted by molar-refractivity contribution is -0.274. The topological polar surface area (TPSA) is 109 Å². The van der Waals surface area contributed by atoms with Crippen molar-refractivity contribution in [2.24, 2.45) is 23.7 Å². The first kappa shape index (κ1) is 23.4. The number of nitrogens with zero attached hydrogens (tertiary/aromatic N) is 1. The maximum atomic E-state index is 13.6. The van der Waals surface area contributed by atoms with Gasteiger partial charge in [-0.1, -0.05) is 24.3 Å². The minimum absolute atomic E-state index is 0.138. The molecule has 0 unspecified atom stereocenters. The Labute approximate surface area is 212 Å². The number of benzene rings is 1. The monoisotopic (exact) mass is 509 g/mol. The van der Waals surface area contributed by atoms with E-state index < -0.39 is 35.6 Å². The molecule has 1 aliphatic carbocycles. The molecule has 2 amide bonds. The summed E-state index contributed by atoms with van der Waals surface area (Å²) < 4.78 is 18.0. The Morgan fingerprint density at radius 2 is 1.89 bits per heavy atom. The van der Waals surface area contributed by atoms with Crippen molar-refractivity contribution in [3.05, 3.63) is 76.4 Å². The molecular weight excluding hydrogens is 482 g/mol. The maximum absolute atomic E-state index is 13.6. The number of fused-ring (bicyclic) bond motifs is 3. The number of imide groups is 1. The van der Waals surface area contributed by atoms with Crippen molar-refractivity contribution in [3.63, 3.8) is 0 Å². The third-order valence-electron chi connectivity index (χ3n) is 7.70. The highest BCUT2D eigenvalue weighted by Crippen LogP contribution is 2.58. The second-order valence-corrected chi connectivity index (χ2v) is 10.7. The molecule has 8 nitrogen and oxygen atoms in total. The first-order valence-electron chi connectivity index (χ1n) is 12.1. The summed E-state index contributed by atoms with van der Waals surface area (Å²) in [5, 5.41) is 23.3. The van der Waals surface area contributed by atoms with Gasteiger partial charge >= 0.3 is 0 Å². The molecule has 2 N–H and O–H groups in total. The number of aliphatic hydroxyl groups is 2. The molecule has 2 saturated heterocycles. The van der Waals surface area contributed by atoms with Gasteiger partial charge in [0.15, 0.2) is 5.79 Å². The van der Waals surface area contributed by atoms with Crippen LogP contribution in [0, 0.1) is 23.7 Å². The van der Waals surface area contributed by atoms with Crippen molar-refractivity contribution in [2.45, 2.75) is 37.9 Å². The number of likely N-dealkylation sites (tertiary alicyclic amines) is 1. The molecule has 3 aliphatic rings. The van der Waals surface area contributed by atoms with Gasteiger partial charge in [0.05, 0.1) is 25.0 Å². The number of furan rings is 1. The van der Waals surface area contributed by atoms with Crippen molar-refractivity contribution in [1.29, 1.82) is 0 Å². The smallest absolute Gasteiger partial charge is 0.233 e. The normalized spacial score (nSPS) is 31.5. The van der Waals surface area contributed by atoms with E-state index in [1.165, 1.54) is 16.2 Å².